The van der Waals surface area contributed by atoms with Gasteiger partial charge in [-0.05, 0) is 12.1 Å². The molecule has 0 radical (unpaired) electrons. The van der Waals surface area contributed by atoms with Gasteiger partial charge in [-0.2, -0.15) is 0 Å². The molecule has 88 valence electrons. The van der Waals surface area contributed by atoms with Gasteiger partial charge in [-0.25, -0.2) is 19.9 Å². The lowest BCUT2D eigenvalue weighted by molar-refractivity contribution is 1.16. The van der Waals surface area contributed by atoms with Crippen LogP contribution in [0.15, 0.2) is 36.8 Å². The first kappa shape index (κ1) is 10.9. The molecule has 3 aromatic rings. The van der Waals surface area contributed by atoms with Gasteiger partial charge in [-0.15, -0.1) is 0 Å². The zero-order valence-corrected chi connectivity index (χ0v) is 9.96. The van der Waals surface area contributed by atoms with E-state index in [1.807, 2.05) is 12.1 Å². The monoisotopic (exact) mass is 257 g/mol. The minimum atomic E-state index is 0.329. The smallest absolute Gasteiger partial charge is 0.184 e. The fourth-order valence-electron chi connectivity index (χ4n) is 1.62. The van der Waals surface area contributed by atoms with E-state index in [2.05, 4.69) is 19.9 Å². The Balaban J connectivity index is 2.16. The fraction of sp³-hybridized carbons (Fsp3) is 0. The van der Waals surface area contributed by atoms with E-state index in [4.69, 9.17) is 17.3 Å². The van der Waals surface area contributed by atoms with E-state index in [1.54, 1.807) is 18.3 Å². The fourth-order valence-corrected chi connectivity index (χ4v) is 1.74. The third-order valence-electron chi connectivity index (χ3n) is 2.51. The van der Waals surface area contributed by atoms with Crippen LogP contribution in [0.3, 0.4) is 0 Å². The Labute approximate surface area is 108 Å². The molecule has 0 aliphatic carbocycles. The predicted octanol–water partition coefficient (Wildman–Crippen LogP) is 2.32. The van der Waals surface area contributed by atoms with Crippen LogP contribution in [-0.4, -0.2) is 19.9 Å². The highest BCUT2D eigenvalue weighted by Gasteiger charge is 2.06. The van der Waals surface area contributed by atoms with E-state index in [1.165, 1.54) is 6.33 Å². The standard InChI is InChI=1S/C12H8ClN5/c13-8-3-1-7(2-4-8)9-5-15-10-11(14)16-6-17-12(10)18-9/h1-6H,(H2,14,16,17,18). The minimum absolute atomic E-state index is 0.329. The second-order valence-electron chi connectivity index (χ2n) is 3.69. The Morgan fingerprint density at radius 1 is 1.00 bits per heavy atom. The number of hydrogen-bond donors (Lipinski definition) is 1. The molecular weight excluding hydrogens is 250 g/mol. The van der Waals surface area contributed by atoms with Crippen LogP contribution < -0.4 is 5.73 Å². The topological polar surface area (TPSA) is 77.6 Å². The molecule has 2 N–H and O–H groups in total. The van der Waals surface area contributed by atoms with Crippen molar-refractivity contribution in [2.24, 2.45) is 0 Å². The van der Waals surface area contributed by atoms with Gasteiger partial charge in [0.1, 0.15) is 11.8 Å². The molecule has 1 aromatic carbocycles. The highest BCUT2D eigenvalue weighted by atomic mass is 35.5. The lowest BCUT2D eigenvalue weighted by Crippen LogP contribution is -1.98. The van der Waals surface area contributed by atoms with Crippen LogP contribution >= 0.6 is 11.6 Å². The van der Waals surface area contributed by atoms with Crippen LogP contribution in [0.25, 0.3) is 22.4 Å². The summed E-state index contributed by atoms with van der Waals surface area (Å²) >= 11 is 5.84. The maximum Gasteiger partial charge on any atom is 0.184 e. The maximum absolute atomic E-state index is 5.84. The lowest BCUT2D eigenvalue weighted by Gasteiger charge is -2.03. The quantitative estimate of drug-likeness (QED) is 0.724. The summed E-state index contributed by atoms with van der Waals surface area (Å²) < 4.78 is 0. The third-order valence-corrected chi connectivity index (χ3v) is 2.77. The molecule has 2 aromatic heterocycles. The van der Waals surface area contributed by atoms with Crippen molar-refractivity contribution in [3.63, 3.8) is 0 Å². The molecule has 0 atom stereocenters. The van der Waals surface area contributed by atoms with Gasteiger partial charge in [0.05, 0.1) is 11.9 Å². The molecule has 0 amide bonds. The normalized spacial score (nSPS) is 10.7. The maximum atomic E-state index is 5.84. The lowest BCUT2D eigenvalue weighted by atomic mass is 10.2. The second-order valence-corrected chi connectivity index (χ2v) is 4.13. The number of nitrogens with two attached hydrogens (primary N) is 1. The van der Waals surface area contributed by atoms with Crippen molar-refractivity contribution < 1.29 is 0 Å². The van der Waals surface area contributed by atoms with E-state index in [9.17, 15) is 0 Å². The van der Waals surface area contributed by atoms with Gasteiger partial charge in [-0.1, -0.05) is 23.7 Å². The Kier molecular flexibility index (Phi) is 2.53. The summed E-state index contributed by atoms with van der Waals surface area (Å²) in [7, 11) is 0. The van der Waals surface area contributed by atoms with Crippen molar-refractivity contribution in [2.75, 3.05) is 5.73 Å². The van der Waals surface area contributed by atoms with Gasteiger partial charge in [0.2, 0.25) is 0 Å². The molecule has 6 heteroatoms. The van der Waals surface area contributed by atoms with Crippen LogP contribution in [0.1, 0.15) is 0 Å². The summed E-state index contributed by atoms with van der Waals surface area (Å²) in [5, 5.41) is 0.680. The van der Waals surface area contributed by atoms with Crippen molar-refractivity contribution in [1.82, 2.24) is 19.9 Å². The number of rotatable bonds is 1. The molecule has 3 rings (SSSR count). The Hall–Kier alpha value is -2.27. The summed E-state index contributed by atoms with van der Waals surface area (Å²) in [6.07, 6.45) is 3.02. The summed E-state index contributed by atoms with van der Waals surface area (Å²) in [6, 6.07) is 7.36. The average Bonchev–Trinajstić information content (AvgIpc) is 2.39. The molecule has 0 unspecified atom stereocenters. The predicted molar refractivity (Wildman–Crippen MR) is 70.0 cm³/mol. The second kappa shape index (κ2) is 4.19. The van der Waals surface area contributed by atoms with Gasteiger partial charge in [-0.3, -0.25) is 0 Å². The molecule has 0 saturated carbocycles. The molecule has 5 nitrogen and oxygen atoms in total. The number of aromatic nitrogens is 4. The van der Waals surface area contributed by atoms with Crippen LogP contribution in [0.5, 0.6) is 0 Å². The SMILES string of the molecule is Nc1ncnc2nc(-c3ccc(Cl)cc3)cnc12. The van der Waals surface area contributed by atoms with Crippen molar-refractivity contribution in [3.05, 3.63) is 41.8 Å². The largest absolute Gasteiger partial charge is 0.382 e. The molecule has 2 heterocycles. The number of nitrogens with zero attached hydrogens (tertiary/aromatic N) is 4. The van der Waals surface area contributed by atoms with Crippen LogP contribution in [0.2, 0.25) is 5.02 Å². The third kappa shape index (κ3) is 1.84. The number of hydrogen-bond acceptors (Lipinski definition) is 5. The van der Waals surface area contributed by atoms with Gasteiger partial charge in [0.15, 0.2) is 11.5 Å². The Morgan fingerprint density at radius 3 is 2.56 bits per heavy atom. The number of anilines is 1. The highest BCUT2D eigenvalue weighted by molar-refractivity contribution is 6.30. The van der Waals surface area contributed by atoms with E-state index < -0.39 is 0 Å². The first-order chi connectivity index (χ1) is 8.74. The van der Waals surface area contributed by atoms with E-state index >= 15 is 0 Å². The van der Waals surface area contributed by atoms with Gasteiger partial charge < -0.3 is 5.73 Å². The molecule has 0 aliphatic rings. The highest BCUT2D eigenvalue weighted by Crippen LogP contribution is 2.21. The van der Waals surface area contributed by atoms with Crippen molar-refractivity contribution in [1.29, 1.82) is 0 Å². The molecule has 0 spiro atoms. The number of halogens is 1. The first-order valence-electron chi connectivity index (χ1n) is 5.23. The molecule has 0 fully saturated rings. The van der Waals surface area contributed by atoms with Crippen molar-refractivity contribution in [2.45, 2.75) is 0 Å². The number of nitrogen functional groups attached to an aromatic ring is 1. The van der Waals surface area contributed by atoms with E-state index in [0.717, 1.165) is 11.3 Å². The van der Waals surface area contributed by atoms with E-state index in [0.29, 0.717) is 22.0 Å². The van der Waals surface area contributed by atoms with Crippen LogP contribution in [-0.2, 0) is 0 Å². The molecule has 0 saturated heterocycles. The summed E-state index contributed by atoms with van der Waals surface area (Å²) in [5.74, 6) is 0.329. The summed E-state index contributed by atoms with van der Waals surface area (Å²) in [5.41, 5.74) is 8.33. The molecule has 0 aliphatic heterocycles. The first-order valence-corrected chi connectivity index (χ1v) is 5.61. The van der Waals surface area contributed by atoms with Crippen LogP contribution in [0, 0.1) is 0 Å². The zero-order valence-electron chi connectivity index (χ0n) is 9.21. The van der Waals surface area contributed by atoms with Gasteiger partial charge in [0.25, 0.3) is 0 Å². The summed E-state index contributed by atoms with van der Waals surface area (Å²) in [6.45, 7) is 0. The Bertz CT molecular complexity index is 711. The number of fused-ring (bicyclic) bond motifs is 1. The average molecular weight is 258 g/mol. The minimum Gasteiger partial charge on any atom is -0.382 e. The Morgan fingerprint density at radius 2 is 1.78 bits per heavy atom. The van der Waals surface area contributed by atoms with Gasteiger partial charge >= 0.3 is 0 Å². The van der Waals surface area contributed by atoms with Crippen molar-refractivity contribution in [3.8, 4) is 11.3 Å². The zero-order chi connectivity index (χ0) is 12.5. The van der Waals surface area contributed by atoms with Gasteiger partial charge in [0, 0.05) is 10.6 Å². The molecule has 18 heavy (non-hydrogen) atoms. The van der Waals surface area contributed by atoms with E-state index in [-0.39, 0.29) is 0 Å². The molecular formula is C12H8ClN5. The van der Waals surface area contributed by atoms with Crippen LogP contribution in [0.4, 0.5) is 5.82 Å². The molecule has 0 bridgehead atoms. The number of benzene rings is 1. The van der Waals surface area contributed by atoms with Crippen molar-refractivity contribution >= 4 is 28.6 Å². The summed E-state index contributed by atoms with van der Waals surface area (Å²) in [4.78, 5) is 16.6.